The Kier molecular flexibility index (Phi) is 4.34. The average molecular weight is 330 g/mol. The fourth-order valence-corrected chi connectivity index (χ4v) is 2.13. The Morgan fingerprint density at radius 1 is 1.10 bits per heavy atom. The highest BCUT2D eigenvalue weighted by atomic mass is 79.9. The lowest BCUT2D eigenvalue weighted by molar-refractivity contribution is 0.618. The highest BCUT2D eigenvalue weighted by Gasteiger charge is 2.06. The first-order valence-electron chi connectivity index (χ1n) is 5.76. The number of anilines is 1. The zero-order chi connectivity index (χ0) is 14.5. The molecule has 0 aromatic heterocycles. The molecule has 2 rings (SSSR count). The molecule has 0 spiro atoms. The van der Waals surface area contributed by atoms with E-state index in [0.717, 1.165) is 5.56 Å². The standard InChI is InChI=1S/C15H9BrFN3/c16-15-11(2-1-3-14(15)17)9-20-13-5-4-10(7-18)12(6-13)8-19/h1-6,20H,9H2. The van der Waals surface area contributed by atoms with Crippen LogP contribution in [-0.2, 0) is 6.54 Å². The largest absolute Gasteiger partial charge is 0.381 e. The molecule has 0 heterocycles. The van der Waals surface area contributed by atoms with E-state index in [1.165, 1.54) is 6.07 Å². The quantitative estimate of drug-likeness (QED) is 0.927. The predicted octanol–water partition coefficient (Wildman–Crippen LogP) is 3.94. The van der Waals surface area contributed by atoms with Crippen molar-refractivity contribution in [3.8, 4) is 12.1 Å². The van der Waals surface area contributed by atoms with Gasteiger partial charge in [0.15, 0.2) is 0 Å². The molecule has 3 nitrogen and oxygen atoms in total. The summed E-state index contributed by atoms with van der Waals surface area (Å²) >= 11 is 3.19. The fraction of sp³-hybridized carbons (Fsp3) is 0.0667. The summed E-state index contributed by atoms with van der Waals surface area (Å²) in [7, 11) is 0. The molecule has 0 aliphatic heterocycles. The van der Waals surface area contributed by atoms with Gasteiger partial charge in [-0.2, -0.15) is 10.5 Å². The normalized spacial score (nSPS) is 9.60. The number of hydrogen-bond acceptors (Lipinski definition) is 3. The Balaban J connectivity index is 2.18. The molecule has 2 aromatic carbocycles. The van der Waals surface area contributed by atoms with Crippen molar-refractivity contribution in [2.75, 3.05) is 5.32 Å². The van der Waals surface area contributed by atoms with Crippen LogP contribution in [-0.4, -0.2) is 0 Å². The molecule has 0 radical (unpaired) electrons. The maximum atomic E-state index is 13.4. The first-order chi connectivity index (χ1) is 9.65. The van der Waals surface area contributed by atoms with Gasteiger partial charge in [-0.05, 0) is 45.8 Å². The zero-order valence-electron chi connectivity index (χ0n) is 10.3. The summed E-state index contributed by atoms with van der Waals surface area (Å²) in [5, 5.41) is 20.9. The summed E-state index contributed by atoms with van der Waals surface area (Å²) in [6, 6.07) is 13.6. The molecule has 0 saturated carbocycles. The van der Waals surface area contributed by atoms with E-state index in [0.29, 0.717) is 27.8 Å². The van der Waals surface area contributed by atoms with Crippen LogP contribution in [0.1, 0.15) is 16.7 Å². The van der Waals surface area contributed by atoms with Gasteiger partial charge in [0, 0.05) is 12.2 Å². The van der Waals surface area contributed by atoms with Crippen molar-refractivity contribution in [3.63, 3.8) is 0 Å². The van der Waals surface area contributed by atoms with E-state index in [4.69, 9.17) is 10.5 Å². The second-order valence-electron chi connectivity index (χ2n) is 4.05. The van der Waals surface area contributed by atoms with E-state index >= 15 is 0 Å². The first-order valence-corrected chi connectivity index (χ1v) is 6.56. The van der Waals surface area contributed by atoms with Gasteiger partial charge >= 0.3 is 0 Å². The molecule has 0 atom stereocenters. The van der Waals surface area contributed by atoms with Gasteiger partial charge in [0.2, 0.25) is 0 Å². The number of halogens is 2. The van der Waals surface area contributed by atoms with Crippen LogP contribution in [0.4, 0.5) is 10.1 Å². The highest BCUT2D eigenvalue weighted by Crippen LogP contribution is 2.22. The summed E-state index contributed by atoms with van der Waals surface area (Å²) in [4.78, 5) is 0. The minimum Gasteiger partial charge on any atom is -0.381 e. The molecular formula is C15H9BrFN3. The number of nitrogens with zero attached hydrogens (tertiary/aromatic N) is 2. The van der Waals surface area contributed by atoms with Crippen LogP contribution in [0.5, 0.6) is 0 Å². The number of nitrogens with one attached hydrogen (secondary N) is 1. The SMILES string of the molecule is N#Cc1ccc(NCc2cccc(F)c2Br)cc1C#N. The summed E-state index contributed by atoms with van der Waals surface area (Å²) in [5.41, 5.74) is 2.13. The third-order valence-electron chi connectivity index (χ3n) is 2.78. The Morgan fingerprint density at radius 3 is 2.55 bits per heavy atom. The lowest BCUT2D eigenvalue weighted by Crippen LogP contribution is -2.01. The van der Waals surface area contributed by atoms with Gasteiger partial charge in [0.25, 0.3) is 0 Å². The Bertz CT molecular complexity index is 729. The summed E-state index contributed by atoms with van der Waals surface area (Å²) in [6.45, 7) is 0.412. The predicted molar refractivity (Wildman–Crippen MR) is 77.3 cm³/mol. The molecule has 1 N–H and O–H groups in total. The van der Waals surface area contributed by atoms with E-state index in [1.807, 2.05) is 12.1 Å². The molecule has 0 amide bonds. The maximum Gasteiger partial charge on any atom is 0.137 e. The second kappa shape index (κ2) is 6.18. The number of benzene rings is 2. The van der Waals surface area contributed by atoms with Gasteiger partial charge in [0.05, 0.1) is 15.6 Å². The van der Waals surface area contributed by atoms with Gasteiger partial charge in [-0.3, -0.25) is 0 Å². The molecule has 0 unspecified atom stereocenters. The molecule has 0 bridgehead atoms. The smallest absolute Gasteiger partial charge is 0.137 e. The van der Waals surface area contributed by atoms with Crippen LogP contribution in [0.3, 0.4) is 0 Å². The van der Waals surface area contributed by atoms with Crippen LogP contribution in [0.15, 0.2) is 40.9 Å². The minimum atomic E-state index is -0.318. The van der Waals surface area contributed by atoms with Crippen LogP contribution in [0.25, 0.3) is 0 Å². The van der Waals surface area contributed by atoms with Crippen LogP contribution < -0.4 is 5.32 Å². The van der Waals surface area contributed by atoms with Crippen LogP contribution in [0.2, 0.25) is 0 Å². The van der Waals surface area contributed by atoms with Gasteiger partial charge in [-0.25, -0.2) is 4.39 Å². The van der Waals surface area contributed by atoms with Crippen molar-refractivity contribution in [3.05, 3.63) is 63.4 Å². The number of nitriles is 2. The molecule has 0 fully saturated rings. The zero-order valence-corrected chi connectivity index (χ0v) is 11.9. The minimum absolute atomic E-state index is 0.316. The number of rotatable bonds is 3. The molecule has 0 saturated heterocycles. The molecular weight excluding hydrogens is 321 g/mol. The Hall–Kier alpha value is -2.37. The second-order valence-corrected chi connectivity index (χ2v) is 4.84. The van der Waals surface area contributed by atoms with Crippen molar-refractivity contribution >= 4 is 21.6 Å². The molecule has 98 valence electrons. The van der Waals surface area contributed by atoms with Crippen molar-refractivity contribution in [2.45, 2.75) is 6.54 Å². The van der Waals surface area contributed by atoms with Gasteiger partial charge < -0.3 is 5.32 Å². The van der Waals surface area contributed by atoms with E-state index in [1.54, 1.807) is 30.3 Å². The van der Waals surface area contributed by atoms with E-state index in [-0.39, 0.29) is 5.82 Å². The fourth-order valence-electron chi connectivity index (χ4n) is 1.73. The van der Waals surface area contributed by atoms with E-state index in [9.17, 15) is 4.39 Å². The van der Waals surface area contributed by atoms with Gasteiger partial charge in [0.1, 0.15) is 18.0 Å². The molecule has 20 heavy (non-hydrogen) atoms. The molecule has 2 aromatic rings. The Morgan fingerprint density at radius 2 is 1.85 bits per heavy atom. The van der Waals surface area contributed by atoms with Crippen molar-refractivity contribution in [1.82, 2.24) is 0 Å². The van der Waals surface area contributed by atoms with Crippen molar-refractivity contribution in [2.24, 2.45) is 0 Å². The molecule has 5 heteroatoms. The van der Waals surface area contributed by atoms with E-state index in [2.05, 4.69) is 21.2 Å². The number of hydrogen-bond donors (Lipinski definition) is 1. The van der Waals surface area contributed by atoms with Crippen LogP contribution >= 0.6 is 15.9 Å². The third-order valence-corrected chi connectivity index (χ3v) is 3.66. The lowest BCUT2D eigenvalue weighted by atomic mass is 10.1. The van der Waals surface area contributed by atoms with Crippen molar-refractivity contribution in [1.29, 1.82) is 10.5 Å². The lowest BCUT2D eigenvalue weighted by Gasteiger charge is -2.09. The summed E-state index contributed by atoms with van der Waals surface area (Å²) in [6.07, 6.45) is 0. The summed E-state index contributed by atoms with van der Waals surface area (Å²) < 4.78 is 13.8. The van der Waals surface area contributed by atoms with Crippen LogP contribution in [0, 0.1) is 28.5 Å². The third kappa shape index (κ3) is 2.96. The molecule has 0 aliphatic carbocycles. The average Bonchev–Trinajstić information content (AvgIpc) is 2.48. The monoisotopic (exact) mass is 329 g/mol. The highest BCUT2D eigenvalue weighted by molar-refractivity contribution is 9.10. The summed E-state index contributed by atoms with van der Waals surface area (Å²) in [5.74, 6) is -0.318. The topological polar surface area (TPSA) is 59.6 Å². The van der Waals surface area contributed by atoms with Gasteiger partial charge in [-0.1, -0.05) is 12.1 Å². The van der Waals surface area contributed by atoms with Crippen molar-refractivity contribution < 1.29 is 4.39 Å². The molecule has 0 aliphatic rings. The van der Waals surface area contributed by atoms with Gasteiger partial charge in [-0.15, -0.1) is 0 Å². The maximum absolute atomic E-state index is 13.4. The first kappa shape index (κ1) is 14.0. The van der Waals surface area contributed by atoms with E-state index < -0.39 is 0 Å². The Labute approximate surface area is 124 Å².